The van der Waals surface area contributed by atoms with E-state index >= 15 is 0 Å². The number of hydrogen-bond donors (Lipinski definition) is 1. The lowest BCUT2D eigenvalue weighted by Gasteiger charge is -2.23. The van der Waals surface area contributed by atoms with Crippen molar-refractivity contribution in [3.8, 4) is 0 Å². The highest BCUT2D eigenvalue weighted by Gasteiger charge is 2.17. The molecule has 1 heterocycles. The predicted molar refractivity (Wildman–Crippen MR) is 66.7 cm³/mol. The summed E-state index contributed by atoms with van der Waals surface area (Å²) in [6.07, 6.45) is 4.10. The van der Waals surface area contributed by atoms with E-state index in [1.165, 1.54) is 12.8 Å². The molecule has 1 aliphatic rings. The molecule has 96 valence electrons. The Morgan fingerprint density at radius 1 is 1.44 bits per heavy atom. The van der Waals surface area contributed by atoms with Gasteiger partial charge in [-0.2, -0.15) is 0 Å². The third kappa shape index (κ3) is 5.28. The topological polar surface area (TPSA) is 30.5 Å². The van der Waals surface area contributed by atoms with Gasteiger partial charge in [0.15, 0.2) is 0 Å². The van der Waals surface area contributed by atoms with Gasteiger partial charge < -0.3 is 14.8 Å². The van der Waals surface area contributed by atoms with Crippen LogP contribution in [0.5, 0.6) is 0 Å². The van der Waals surface area contributed by atoms with Crippen LogP contribution in [0.3, 0.4) is 0 Å². The molecule has 0 aromatic carbocycles. The maximum Gasteiger partial charge on any atom is 0.0621 e. The SMILES string of the molecule is CCOCC(NCCC1CCCO1)C(C)C. The van der Waals surface area contributed by atoms with Crippen LogP contribution in [0.4, 0.5) is 0 Å². The maximum absolute atomic E-state index is 5.61. The lowest BCUT2D eigenvalue weighted by molar-refractivity contribution is 0.0916. The molecule has 1 rings (SSSR count). The van der Waals surface area contributed by atoms with E-state index in [-0.39, 0.29) is 0 Å². The lowest BCUT2D eigenvalue weighted by atomic mass is 10.0. The zero-order valence-corrected chi connectivity index (χ0v) is 11.0. The summed E-state index contributed by atoms with van der Waals surface area (Å²) < 4.78 is 11.1. The molecule has 3 heteroatoms. The summed E-state index contributed by atoms with van der Waals surface area (Å²) in [6, 6.07) is 0.473. The Kier molecular flexibility index (Phi) is 7.01. The molecular formula is C13H27NO2. The molecule has 2 atom stereocenters. The van der Waals surface area contributed by atoms with Crippen molar-refractivity contribution < 1.29 is 9.47 Å². The summed E-state index contributed by atoms with van der Waals surface area (Å²) in [6.45, 7) is 10.1. The molecule has 0 bridgehead atoms. The van der Waals surface area contributed by atoms with Crippen molar-refractivity contribution in [3.05, 3.63) is 0 Å². The number of rotatable bonds is 8. The standard InChI is InChI=1S/C13H27NO2/c1-4-15-10-13(11(2)3)14-8-7-12-6-5-9-16-12/h11-14H,4-10H2,1-3H3. The first-order valence-corrected chi connectivity index (χ1v) is 6.66. The maximum atomic E-state index is 5.61. The zero-order valence-electron chi connectivity index (χ0n) is 11.0. The molecule has 0 spiro atoms. The number of ether oxygens (including phenoxy) is 2. The average molecular weight is 229 g/mol. The molecule has 1 N–H and O–H groups in total. The van der Waals surface area contributed by atoms with E-state index in [0.29, 0.717) is 18.1 Å². The Morgan fingerprint density at radius 2 is 2.25 bits per heavy atom. The van der Waals surface area contributed by atoms with Crippen LogP contribution in [0.2, 0.25) is 0 Å². The molecule has 0 radical (unpaired) electrons. The van der Waals surface area contributed by atoms with Crippen LogP contribution in [0.15, 0.2) is 0 Å². The largest absolute Gasteiger partial charge is 0.380 e. The second kappa shape index (κ2) is 8.04. The Hall–Kier alpha value is -0.120. The summed E-state index contributed by atoms with van der Waals surface area (Å²) in [5.41, 5.74) is 0. The van der Waals surface area contributed by atoms with Crippen LogP contribution < -0.4 is 5.32 Å². The monoisotopic (exact) mass is 229 g/mol. The zero-order chi connectivity index (χ0) is 11.8. The molecule has 2 unspecified atom stereocenters. The van der Waals surface area contributed by atoms with Crippen molar-refractivity contribution in [3.63, 3.8) is 0 Å². The molecule has 16 heavy (non-hydrogen) atoms. The molecule has 0 saturated carbocycles. The second-order valence-corrected chi connectivity index (χ2v) is 4.89. The van der Waals surface area contributed by atoms with E-state index in [1.807, 2.05) is 6.92 Å². The summed E-state index contributed by atoms with van der Waals surface area (Å²) >= 11 is 0. The molecule has 1 saturated heterocycles. The molecule has 0 aromatic rings. The van der Waals surface area contributed by atoms with Crippen LogP contribution in [0, 0.1) is 5.92 Å². The lowest BCUT2D eigenvalue weighted by Crippen LogP contribution is -2.39. The molecule has 1 aliphatic heterocycles. The van der Waals surface area contributed by atoms with Gasteiger partial charge in [-0.05, 0) is 38.6 Å². The van der Waals surface area contributed by atoms with Crippen LogP contribution in [-0.4, -0.2) is 38.5 Å². The van der Waals surface area contributed by atoms with Gasteiger partial charge in [-0.3, -0.25) is 0 Å². The van der Waals surface area contributed by atoms with Crippen molar-refractivity contribution in [1.82, 2.24) is 5.32 Å². The van der Waals surface area contributed by atoms with Gasteiger partial charge in [-0.1, -0.05) is 13.8 Å². The Morgan fingerprint density at radius 3 is 2.81 bits per heavy atom. The van der Waals surface area contributed by atoms with Crippen molar-refractivity contribution in [2.45, 2.75) is 52.2 Å². The van der Waals surface area contributed by atoms with Gasteiger partial charge in [0.05, 0.1) is 12.7 Å². The second-order valence-electron chi connectivity index (χ2n) is 4.89. The van der Waals surface area contributed by atoms with Crippen LogP contribution in [0.1, 0.15) is 40.0 Å². The smallest absolute Gasteiger partial charge is 0.0621 e. The fourth-order valence-electron chi connectivity index (χ4n) is 2.03. The first kappa shape index (κ1) is 13.9. The molecule has 0 aromatic heterocycles. The molecule has 1 fully saturated rings. The van der Waals surface area contributed by atoms with Crippen LogP contribution in [0.25, 0.3) is 0 Å². The Bertz CT molecular complexity index is 167. The average Bonchev–Trinajstić information content (AvgIpc) is 2.75. The minimum atomic E-state index is 0.473. The molecule has 3 nitrogen and oxygen atoms in total. The van der Waals surface area contributed by atoms with Crippen molar-refractivity contribution in [2.24, 2.45) is 5.92 Å². The van der Waals surface area contributed by atoms with Crippen LogP contribution in [-0.2, 0) is 9.47 Å². The third-order valence-electron chi connectivity index (χ3n) is 3.20. The molecule has 0 amide bonds. The minimum absolute atomic E-state index is 0.473. The normalized spacial score (nSPS) is 22.9. The van der Waals surface area contributed by atoms with Gasteiger partial charge in [-0.25, -0.2) is 0 Å². The van der Waals surface area contributed by atoms with Gasteiger partial charge in [0, 0.05) is 19.3 Å². The van der Waals surface area contributed by atoms with E-state index in [4.69, 9.17) is 9.47 Å². The van der Waals surface area contributed by atoms with E-state index in [1.54, 1.807) is 0 Å². The highest BCUT2D eigenvalue weighted by atomic mass is 16.5. The molecule has 0 aliphatic carbocycles. The highest BCUT2D eigenvalue weighted by Crippen LogP contribution is 2.14. The summed E-state index contributed by atoms with van der Waals surface area (Å²) in [7, 11) is 0. The van der Waals surface area contributed by atoms with Crippen LogP contribution >= 0.6 is 0 Å². The van der Waals surface area contributed by atoms with Gasteiger partial charge in [0.1, 0.15) is 0 Å². The molecular weight excluding hydrogens is 202 g/mol. The van der Waals surface area contributed by atoms with E-state index < -0.39 is 0 Å². The van der Waals surface area contributed by atoms with Gasteiger partial charge in [0.2, 0.25) is 0 Å². The quantitative estimate of drug-likeness (QED) is 0.692. The third-order valence-corrected chi connectivity index (χ3v) is 3.20. The summed E-state index contributed by atoms with van der Waals surface area (Å²) in [4.78, 5) is 0. The van der Waals surface area contributed by atoms with Gasteiger partial charge in [-0.15, -0.1) is 0 Å². The fourth-order valence-corrected chi connectivity index (χ4v) is 2.03. The van der Waals surface area contributed by atoms with Gasteiger partial charge in [0.25, 0.3) is 0 Å². The van der Waals surface area contributed by atoms with Crippen molar-refractivity contribution in [2.75, 3.05) is 26.4 Å². The highest BCUT2D eigenvalue weighted by molar-refractivity contribution is 4.72. The van der Waals surface area contributed by atoms with E-state index in [0.717, 1.165) is 32.8 Å². The fraction of sp³-hybridized carbons (Fsp3) is 1.00. The van der Waals surface area contributed by atoms with Crippen molar-refractivity contribution >= 4 is 0 Å². The predicted octanol–water partition coefficient (Wildman–Crippen LogP) is 2.21. The summed E-state index contributed by atoms with van der Waals surface area (Å²) in [5.74, 6) is 0.621. The van der Waals surface area contributed by atoms with Crippen molar-refractivity contribution in [1.29, 1.82) is 0 Å². The Labute approximate surface area is 99.9 Å². The summed E-state index contributed by atoms with van der Waals surface area (Å²) in [5, 5.41) is 3.58. The number of hydrogen-bond acceptors (Lipinski definition) is 3. The van der Waals surface area contributed by atoms with Gasteiger partial charge >= 0.3 is 0 Å². The number of nitrogens with one attached hydrogen (secondary N) is 1. The first-order valence-electron chi connectivity index (χ1n) is 6.66. The van der Waals surface area contributed by atoms with E-state index in [9.17, 15) is 0 Å². The Balaban J connectivity index is 2.10. The minimum Gasteiger partial charge on any atom is -0.380 e. The first-order chi connectivity index (χ1) is 7.74. The van der Waals surface area contributed by atoms with E-state index in [2.05, 4.69) is 19.2 Å².